The quantitative estimate of drug-likeness (QED) is 0.150. The third kappa shape index (κ3) is 5.80. The van der Waals surface area contributed by atoms with Crippen LogP contribution in [0.3, 0.4) is 0 Å². The van der Waals surface area contributed by atoms with Crippen molar-refractivity contribution < 1.29 is 19.2 Å². The van der Waals surface area contributed by atoms with Crippen molar-refractivity contribution in [3.63, 3.8) is 0 Å². The Labute approximate surface area is 318 Å². The van der Waals surface area contributed by atoms with E-state index in [0.29, 0.717) is 33.6 Å². The van der Waals surface area contributed by atoms with Crippen LogP contribution < -0.4 is 9.80 Å². The van der Waals surface area contributed by atoms with Crippen LogP contribution in [0.1, 0.15) is 154 Å². The molecule has 5 aromatic rings. The molecule has 0 radical (unpaired) electrons. The average Bonchev–Trinajstić information content (AvgIpc) is 3.53. The molecule has 0 saturated heterocycles. The van der Waals surface area contributed by atoms with Crippen molar-refractivity contribution in [2.24, 2.45) is 0 Å². The number of hydrogen-bond donors (Lipinski definition) is 0. The van der Waals surface area contributed by atoms with Gasteiger partial charge in [-0.25, -0.2) is 9.80 Å². The van der Waals surface area contributed by atoms with Gasteiger partial charge in [-0.2, -0.15) is 0 Å². The highest BCUT2D eigenvalue weighted by Gasteiger charge is 2.46. The summed E-state index contributed by atoms with van der Waals surface area (Å²) in [5.41, 5.74) is 11.8. The first-order valence-electron chi connectivity index (χ1n) is 19.1. The third-order valence-electron chi connectivity index (χ3n) is 10.9. The van der Waals surface area contributed by atoms with E-state index in [1.54, 1.807) is 12.1 Å². The summed E-state index contributed by atoms with van der Waals surface area (Å²) in [5.74, 6) is -2.11. The van der Waals surface area contributed by atoms with E-state index in [0.717, 1.165) is 55.6 Å². The summed E-state index contributed by atoms with van der Waals surface area (Å²) in [6, 6.07) is 27.2. The van der Waals surface area contributed by atoms with E-state index in [-0.39, 0.29) is 47.3 Å². The molecule has 54 heavy (non-hydrogen) atoms. The first-order chi connectivity index (χ1) is 25.6. The standard InChI is InChI=1S/C48H48N2O4/c1-25(2)39-40(26(3)4)44(50-46(52)36-22-20-34(24-38(36)48(50)54)32-17-13-30(10)14-18-32)42(28(7)8)41(27(5)6)43(39)49-45(51)35-21-19-33(23-37(35)47(49)53)31-15-11-29(9)12-16-31/h11-28H,1-10H3. The van der Waals surface area contributed by atoms with Gasteiger partial charge in [0.2, 0.25) is 0 Å². The van der Waals surface area contributed by atoms with Crippen molar-refractivity contribution in [2.45, 2.75) is 92.9 Å². The molecule has 6 heteroatoms. The summed E-state index contributed by atoms with van der Waals surface area (Å²) in [7, 11) is 0. The lowest BCUT2D eigenvalue weighted by Crippen LogP contribution is -2.36. The molecule has 2 aliphatic rings. The van der Waals surface area contributed by atoms with Crippen molar-refractivity contribution in [2.75, 3.05) is 9.80 Å². The van der Waals surface area contributed by atoms with Crippen molar-refractivity contribution in [1.29, 1.82) is 0 Å². The molecule has 6 nitrogen and oxygen atoms in total. The minimum atomic E-state index is -0.366. The Morgan fingerprint density at radius 2 is 0.611 bits per heavy atom. The van der Waals surface area contributed by atoms with Gasteiger partial charge in [-0.05, 0) is 106 Å². The summed E-state index contributed by atoms with van der Waals surface area (Å²) in [4.78, 5) is 61.3. The smallest absolute Gasteiger partial charge is 0.266 e. The lowest BCUT2D eigenvalue weighted by Gasteiger charge is -2.36. The van der Waals surface area contributed by atoms with Crippen molar-refractivity contribution >= 4 is 35.0 Å². The molecule has 2 heterocycles. The number of rotatable bonds is 8. The molecule has 0 unspecified atom stereocenters. The summed E-state index contributed by atoms with van der Waals surface area (Å²) in [5, 5.41) is 0. The van der Waals surface area contributed by atoms with E-state index in [1.807, 2.05) is 86.6 Å². The Bertz CT molecular complexity index is 2170. The number of fused-ring (bicyclic) bond motifs is 2. The molecule has 5 aromatic carbocycles. The van der Waals surface area contributed by atoms with Gasteiger partial charge in [0.05, 0.1) is 33.6 Å². The Morgan fingerprint density at radius 3 is 0.889 bits per heavy atom. The van der Waals surface area contributed by atoms with Gasteiger partial charge in [-0.15, -0.1) is 0 Å². The second kappa shape index (κ2) is 13.7. The first-order valence-corrected chi connectivity index (χ1v) is 19.1. The fourth-order valence-electron chi connectivity index (χ4n) is 8.36. The third-order valence-corrected chi connectivity index (χ3v) is 10.9. The van der Waals surface area contributed by atoms with Crippen LogP contribution in [0.15, 0.2) is 84.9 Å². The second-order valence-corrected chi connectivity index (χ2v) is 16.1. The normalized spacial score (nSPS) is 14.1. The number of carbonyl (C=O) groups is 4. The van der Waals surface area contributed by atoms with E-state index in [4.69, 9.17) is 0 Å². The highest BCUT2D eigenvalue weighted by atomic mass is 16.2. The molecule has 7 rings (SSSR count). The molecular formula is C48H48N2O4. The van der Waals surface area contributed by atoms with E-state index in [9.17, 15) is 19.2 Å². The Morgan fingerprint density at radius 1 is 0.352 bits per heavy atom. The zero-order valence-corrected chi connectivity index (χ0v) is 32.9. The largest absolute Gasteiger partial charge is 0.268 e. The zero-order chi connectivity index (χ0) is 38.9. The SMILES string of the molecule is Cc1ccc(-c2ccc3c(c2)C(=O)N(c2c(C(C)C)c(C(C)C)c(N4C(=O)c5ccc(-c6ccc(C)cc6)cc5C4=O)c(C(C)C)c2C(C)C)C3=O)cc1. The number of aryl methyl sites for hydroxylation is 2. The summed E-state index contributed by atoms with van der Waals surface area (Å²) < 4.78 is 0. The van der Waals surface area contributed by atoms with Crippen LogP contribution >= 0.6 is 0 Å². The lowest BCUT2D eigenvalue weighted by atomic mass is 9.77. The highest BCUT2D eigenvalue weighted by molar-refractivity contribution is 6.37. The lowest BCUT2D eigenvalue weighted by molar-refractivity contribution is 0.0908. The Hall–Kier alpha value is -5.62. The van der Waals surface area contributed by atoms with Gasteiger partial charge in [0.15, 0.2) is 0 Å². The summed E-state index contributed by atoms with van der Waals surface area (Å²) in [6.07, 6.45) is 0. The topological polar surface area (TPSA) is 74.8 Å². The molecule has 0 aromatic heterocycles. The number of anilines is 2. The molecule has 0 bridgehead atoms. The van der Waals surface area contributed by atoms with Crippen molar-refractivity contribution in [3.8, 4) is 22.3 Å². The van der Waals surface area contributed by atoms with Gasteiger partial charge >= 0.3 is 0 Å². The Balaban J connectivity index is 1.45. The van der Waals surface area contributed by atoms with Crippen molar-refractivity contribution in [1.82, 2.24) is 0 Å². The van der Waals surface area contributed by atoms with E-state index >= 15 is 0 Å². The number of imide groups is 2. The van der Waals surface area contributed by atoms with Crippen LogP contribution in [0.5, 0.6) is 0 Å². The fraction of sp³-hybridized carbons (Fsp3) is 0.292. The predicted molar refractivity (Wildman–Crippen MR) is 218 cm³/mol. The number of carbonyl (C=O) groups excluding carboxylic acids is 4. The molecule has 0 spiro atoms. The average molecular weight is 717 g/mol. The maximum Gasteiger partial charge on any atom is 0.266 e. The first kappa shape index (κ1) is 36.7. The van der Waals surface area contributed by atoms with Gasteiger partial charge in [0.25, 0.3) is 23.6 Å². The summed E-state index contributed by atoms with van der Waals surface area (Å²) >= 11 is 0. The van der Waals surface area contributed by atoms with Gasteiger partial charge in [-0.1, -0.05) is 127 Å². The van der Waals surface area contributed by atoms with Crippen LogP contribution in [-0.4, -0.2) is 23.6 Å². The second-order valence-electron chi connectivity index (χ2n) is 16.1. The zero-order valence-electron chi connectivity index (χ0n) is 32.9. The number of hydrogen-bond acceptors (Lipinski definition) is 4. The molecule has 0 fully saturated rings. The minimum Gasteiger partial charge on any atom is -0.268 e. The van der Waals surface area contributed by atoms with E-state index < -0.39 is 0 Å². The molecule has 274 valence electrons. The summed E-state index contributed by atoms with van der Waals surface area (Å²) in [6.45, 7) is 20.5. The van der Waals surface area contributed by atoms with Crippen molar-refractivity contribution in [3.05, 3.63) is 141 Å². The maximum atomic E-state index is 14.7. The molecule has 2 aliphatic heterocycles. The van der Waals surface area contributed by atoms with Gasteiger partial charge < -0.3 is 0 Å². The van der Waals surface area contributed by atoms with Gasteiger partial charge in [0, 0.05) is 0 Å². The molecule has 0 N–H and O–H groups in total. The van der Waals surface area contributed by atoms with E-state index in [2.05, 4.69) is 55.4 Å². The van der Waals surface area contributed by atoms with Crippen LogP contribution in [0.4, 0.5) is 11.4 Å². The molecule has 0 atom stereocenters. The Kier molecular flexibility index (Phi) is 9.29. The highest BCUT2D eigenvalue weighted by Crippen LogP contribution is 2.53. The van der Waals surface area contributed by atoms with E-state index in [1.165, 1.54) is 9.80 Å². The van der Waals surface area contributed by atoms with Gasteiger partial charge in [-0.3, -0.25) is 19.2 Å². The molecule has 0 saturated carbocycles. The van der Waals surface area contributed by atoms with Crippen LogP contribution in [-0.2, 0) is 0 Å². The maximum absolute atomic E-state index is 14.7. The fourth-order valence-corrected chi connectivity index (χ4v) is 8.36. The number of benzene rings is 5. The van der Waals surface area contributed by atoms with Crippen LogP contribution in [0, 0.1) is 13.8 Å². The molecular weight excluding hydrogens is 669 g/mol. The van der Waals surface area contributed by atoms with Gasteiger partial charge in [0.1, 0.15) is 0 Å². The van der Waals surface area contributed by atoms with Crippen LogP contribution in [0.25, 0.3) is 22.3 Å². The monoisotopic (exact) mass is 716 g/mol. The number of amides is 4. The molecule has 0 aliphatic carbocycles. The molecule has 4 amide bonds. The predicted octanol–water partition coefficient (Wildman–Crippen LogP) is 11.7. The van der Waals surface area contributed by atoms with Crippen LogP contribution in [0.2, 0.25) is 0 Å². The number of nitrogens with zero attached hydrogens (tertiary/aromatic N) is 2. The minimum absolute atomic E-state index is 0.161.